The monoisotopic (exact) mass is 265 g/mol. The molecule has 2 nitrogen and oxygen atoms in total. The zero-order valence-electron chi connectivity index (χ0n) is 10.8. The Bertz CT molecular complexity index is 562. The van der Waals surface area contributed by atoms with Gasteiger partial charge in [-0.05, 0) is 29.8 Å². The van der Waals surface area contributed by atoms with Gasteiger partial charge in [0.1, 0.15) is 5.58 Å². The van der Waals surface area contributed by atoms with Gasteiger partial charge >= 0.3 is 0 Å². The van der Waals surface area contributed by atoms with E-state index in [0.717, 1.165) is 16.5 Å². The quantitative estimate of drug-likeness (QED) is 0.851. The number of furan rings is 1. The Hall–Kier alpha value is -1.68. The summed E-state index contributed by atoms with van der Waals surface area (Å²) in [5, 5.41) is 4.04. The van der Waals surface area contributed by atoms with Crippen LogP contribution in [0, 0.1) is 0 Å². The first kappa shape index (κ1) is 13.7. The summed E-state index contributed by atoms with van der Waals surface area (Å²) in [7, 11) is 0. The Labute approximate surface area is 111 Å². The van der Waals surface area contributed by atoms with Crippen molar-refractivity contribution in [2.24, 2.45) is 0 Å². The van der Waals surface area contributed by atoms with Crippen molar-refractivity contribution in [3.8, 4) is 0 Å². The third-order valence-electron chi connectivity index (χ3n) is 3.11. The second-order valence-corrected chi connectivity index (χ2v) is 4.44. The maximum atomic E-state index is 12.6. The molecule has 19 heavy (non-hydrogen) atoms. The maximum Gasteiger partial charge on any atom is 0.240 e. The van der Waals surface area contributed by atoms with E-state index in [4.69, 9.17) is 4.42 Å². The normalized spacial score (nSPS) is 13.1. The maximum absolute atomic E-state index is 12.6. The molecular weight excluding hydrogens is 248 g/mol. The zero-order chi connectivity index (χ0) is 13.8. The van der Waals surface area contributed by atoms with E-state index < -0.39 is 12.5 Å². The predicted molar refractivity (Wildman–Crippen MR) is 73.3 cm³/mol. The molecule has 0 bridgehead atoms. The largest absolute Gasteiger partial charge is 0.464 e. The number of fused-ring (bicyclic) bond motifs is 1. The van der Waals surface area contributed by atoms with Gasteiger partial charge in [0.05, 0.1) is 6.26 Å². The van der Waals surface area contributed by atoms with Crippen LogP contribution in [-0.4, -0.2) is 19.0 Å². The topological polar surface area (TPSA) is 25.2 Å². The molecule has 1 aromatic carbocycles. The molecule has 0 aliphatic carbocycles. The van der Waals surface area contributed by atoms with Crippen LogP contribution in [0.25, 0.3) is 16.5 Å². The molecule has 0 aliphatic heterocycles. The Kier molecular flexibility index (Phi) is 4.32. The van der Waals surface area contributed by atoms with Gasteiger partial charge in [-0.25, -0.2) is 8.78 Å². The van der Waals surface area contributed by atoms with Crippen molar-refractivity contribution in [3.05, 3.63) is 42.7 Å². The van der Waals surface area contributed by atoms with E-state index in [1.807, 2.05) is 31.2 Å². The van der Waals surface area contributed by atoms with Crippen LogP contribution in [0.3, 0.4) is 0 Å². The van der Waals surface area contributed by atoms with E-state index in [1.165, 1.54) is 0 Å². The number of nitrogens with one attached hydrogen (secondary N) is 1. The predicted octanol–water partition coefficient (Wildman–Crippen LogP) is 4.08. The lowest BCUT2D eigenvalue weighted by atomic mass is 9.97. The summed E-state index contributed by atoms with van der Waals surface area (Å²) in [4.78, 5) is 0. The molecule has 102 valence electrons. The molecule has 1 atom stereocenters. The van der Waals surface area contributed by atoms with Crippen LogP contribution >= 0.6 is 0 Å². The lowest BCUT2D eigenvalue weighted by Crippen LogP contribution is -2.31. The fraction of sp³-hybridized carbons (Fsp3) is 0.333. The molecule has 0 radical (unpaired) electrons. The van der Waals surface area contributed by atoms with Gasteiger partial charge in [-0.2, -0.15) is 0 Å². The third kappa shape index (κ3) is 3.20. The molecule has 0 aliphatic rings. The van der Waals surface area contributed by atoms with Crippen molar-refractivity contribution in [1.82, 2.24) is 5.32 Å². The van der Waals surface area contributed by atoms with Crippen LogP contribution in [0.5, 0.6) is 0 Å². The SMILES string of the molecule is C=C(c1ccc2ccoc2c1)C(CC(F)F)NCC. The first-order valence-corrected chi connectivity index (χ1v) is 6.29. The molecule has 4 heteroatoms. The van der Waals surface area contributed by atoms with Gasteiger partial charge in [0, 0.05) is 17.8 Å². The Morgan fingerprint density at radius 2 is 2.16 bits per heavy atom. The first-order chi connectivity index (χ1) is 9.11. The number of hydrogen-bond acceptors (Lipinski definition) is 2. The summed E-state index contributed by atoms with van der Waals surface area (Å²) in [5.74, 6) is 0. The average molecular weight is 265 g/mol. The molecule has 2 aromatic rings. The van der Waals surface area contributed by atoms with Crippen LogP contribution in [0.4, 0.5) is 8.78 Å². The van der Waals surface area contributed by atoms with Gasteiger partial charge < -0.3 is 9.73 Å². The minimum atomic E-state index is -2.35. The van der Waals surface area contributed by atoms with Gasteiger partial charge in [-0.3, -0.25) is 0 Å². The highest BCUT2D eigenvalue weighted by molar-refractivity contribution is 5.82. The van der Waals surface area contributed by atoms with E-state index in [9.17, 15) is 8.78 Å². The first-order valence-electron chi connectivity index (χ1n) is 6.29. The van der Waals surface area contributed by atoms with Crippen molar-refractivity contribution in [2.75, 3.05) is 6.54 Å². The fourth-order valence-electron chi connectivity index (χ4n) is 2.13. The van der Waals surface area contributed by atoms with E-state index in [1.54, 1.807) is 6.26 Å². The number of alkyl halides is 2. The van der Waals surface area contributed by atoms with E-state index in [-0.39, 0.29) is 6.42 Å². The van der Waals surface area contributed by atoms with Crippen molar-refractivity contribution < 1.29 is 13.2 Å². The second kappa shape index (κ2) is 5.97. The molecule has 0 amide bonds. The van der Waals surface area contributed by atoms with Crippen molar-refractivity contribution in [2.45, 2.75) is 25.8 Å². The third-order valence-corrected chi connectivity index (χ3v) is 3.11. The highest BCUT2D eigenvalue weighted by Gasteiger charge is 2.18. The van der Waals surface area contributed by atoms with Crippen LogP contribution in [0.15, 0.2) is 41.5 Å². The molecule has 1 heterocycles. The lowest BCUT2D eigenvalue weighted by Gasteiger charge is -2.20. The summed E-state index contributed by atoms with van der Waals surface area (Å²) in [5.41, 5.74) is 2.24. The molecule has 1 aromatic heterocycles. The van der Waals surface area contributed by atoms with E-state index in [2.05, 4.69) is 11.9 Å². The number of rotatable bonds is 6. The lowest BCUT2D eigenvalue weighted by molar-refractivity contribution is 0.130. The highest BCUT2D eigenvalue weighted by Crippen LogP contribution is 2.25. The fourth-order valence-corrected chi connectivity index (χ4v) is 2.13. The van der Waals surface area contributed by atoms with Crippen LogP contribution < -0.4 is 5.32 Å². The van der Waals surface area contributed by atoms with Gasteiger partial charge in [0.25, 0.3) is 0 Å². The summed E-state index contributed by atoms with van der Waals surface area (Å²) in [6.07, 6.45) is -0.978. The van der Waals surface area contributed by atoms with Crippen molar-refractivity contribution >= 4 is 16.5 Å². The molecule has 0 fully saturated rings. The molecule has 1 unspecified atom stereocenters. The average Bonchev–Trinajstić information content (AvgIpc) is 2.84. The summed E-state index contributed by atoms with van der Waals surface area (Å²) >= 11 is 0. The van der Waals surface area contributed by atoms with Gasteiger partial charge in [-0.15, -0.1) is 0 Å². The van der Waals surface area contributed by atoms with E-state index >= 15 is 0 Å². The van der Waals surface area contributed by atoms with Crippen LogP contribution in [0.2, 0.25) is 0 Å². The van der Waals surface area contributed by atoms with Gasteiger partial charge in [0.15, 0.2) is 0 Å². The minimum Gasteiger partial charge on any atom is -0.464 e. The van der Waals surface area contributed by atoms with Crippen LogP contribution in [-0.2, 0) is 0 Å². The number of halogens is 2. The molecule has 0 saturated heterocycles. The zero-order valence-corrected chi connectivity index (χ0v) is 10.8. The molecule has 2 rings (SSSR count). The van der Waals surface area contributed by atoms with Gasteiger partial charge in [-0.1, -0.05) is 25.6 Å². The molecular formula is C15H17F2NO. The number of likely N-dealkylation sites (N-methyl/N-ethyl adjacent to an activating group) is 1. The van der Waals surface area contributed by atoms with Crippen LogP contribution in [0.1, 0.15) is 18.9 Å². The molecule has 1 N–H and O–H groups in total. The molecule has 0 saturated carbocycles. The standard InChI is InChI=1S/C15H17F2NO/c1-3-18-13(9-15(16)17)10(2)12-5-4-11-6-7-19-14(11)8-12/h4-8,13,15,18H,2-3,9H2,1H3. The Morgan fingerprint density at radius 1 is 1.37 bits per heavy atom. The Morgan fingerprint density at radius 3 is 2.84 bits per heavy atom. The highest BCUT2D eigenvalue weighted by atomic mass is 19.3. The summed E-state index contributed by atoms with van der Waals surface area (Å²) in [6.45, 7) is 6.47. The number of benzene rings is 1. The van der Waals surface area contributed by atoms with E-state index in [0.29, 0.717) is 12.1 Å². The minimum absolute atomic E-state index is 0.233. The summed E-state index contributed by atoms with van der Waals surface area (Å²) in [6, 6.07) is 7.08. The smallest absolute Gasteiger partial charge is 0.240 e. The second-order valence-electron chi connectivity index (χ2n) is 4.44. The van der Waals surface area contributed by atoms with Crippen molar-refractivity contribution in [1.29, 1.82) is 0 Å². The van der Waals surface area contributed by atoms with Gasteiger partial charge in [0.2, 0.25) is 6.43 Å². The van der Waals surface area contributed by atoms with Crippen molar-refractivity contribution in [3.63, 3.8) is 0 Å². The summed E-state index contributed by atoms with van der Waals surface area (Å²) < 4.78 is 30.5. The Balaban J connectivity index is 2.24. The number of hydrogen-bond donors (Lipinski definition) is 1. The molecule has 0 spiro atoms.